The Bertz CT molecular complexity index is 905. The third kappa shape index (κ3) is 3.91. The van der Waals surface area contributed by atoms with Gasteiger partial charge in [0.15, 0.2) is 16.6 Å². The third-order valence-corrected chi connectivity index (χ3v) is 4.85. The van der Waals surface area contributed by atoms with Crippen molar-refractivity contribution in [3.8, 4) is 11.5 Å². The number of carbonyl (C=O) groups is 1. The quantitative estimate of drug-likeness (QED) is 0.724. The van der Waals surface area contributed by atoms with Gasteiger partial charge in [0.05, 0.1) is 30.9 Å². The van der Waals surface area contributed by atoms with Crippen molar-refractivity contribution in [1.82, 2.24) is 4.98 Å². The molecule has 1 aromatic heterocycles. The number of benzene rings is 2. The van der Waals surface area contributed by atoms with Crippen LogP contribution in [0.5, 0.6) is 11.5 Å². The number of nitrogens with zero attached hydrogens (tertiary/aromatic N) is 1. The van der Waals surface area contributed by atoms with E-state index >= 15 is 0 Å². The van der Waals surface area contributed by atoms with Crippen molar-refractivity contribution in [3.63, 3.8) is 0 Å². The van der Waals surface area contributed by atoms with Crippen LogP contribution in [0.1, 0.15) is 18.1 Å². The van der Waals surface area contributed by atoms with Gasteiger partial charge in [-0.25, -0.2) is 4.98 Å². The van der Waals surface area contributed by atoms with Crippen LogP contribution in [-0.4, -0.2) is 25.1 Å². The number of rotatable bonds is 6. The van der Waals surface area contributed by atoms with Gasteiger partial charge in [0.25, 0.3) is 0 Å². The van der Waals surface area contributed by atoms with E-state index in [4.69, 9.17) is 9.47 Å². The predicted molar refractivity (Wildman–Crippen MR) is 101 cm³/mol. The van der Waals surface area contributed by atoms with Crippen molar-refractivity contribution < 1.29 is 14.3 Å². The summed E-state index contributed by atoms with van der Waals surface area (Å²) in [5.74, 6) is 1.14. The Morgan fingerprint density at radius 3 is 2.56 bits per heavy atom. The van der Waals surface area contributed by atoms with Gasteiger partial charge in [0.1, 0.15) is 0 Å². The van der Waals surface area contributed by atoms with Crippen molar-refractivity contribution in [1.29, 1.82) is 0 Å². The Labute approximate surface area is 150 Å². The number of carbonyl (C=O) groups excluding carboxylic acids is 1. The maximum absolute atomic E-state index is 12.3. The molecule has 0 saturated carbocycles. The Kier molecular flexibility index (Phi) is 5.19. The second-order valence-electron chi connectivity index (χ2n) is 5.59. The fraction of sp³-hybridized carbons (Fsp3) is 0.263. The van der Waals surface area contributed by atoms with E-state index in [1.807, 2.05) is 18.2 Å². The van der Waals surface area contributed by atoms with Crippen molar-refractivity contribution in [3.05, 3.63) is 47.5 Å². The highest BCUT2D eigenvalue weighted by molar-refractivity contribution is 7.22. The molecule has 0 aliphatic carbocycles. The molecule has 0 saturated heterocycles. The molecule has 0 atom stereocenters. The summed E-state index contributed by atoms with van der Waals surface area (Å²) >= 11 is 1.49. The van der Waals surface area contributed by atoms with E-state index in [1.165, 1.54) is 16.9 Å². The zero-order chi connectivity index (χ0) is 17.8. The lowest BCUT2D eigenvalue weighted by atomic mass is 10.1. The second-order valence-corrected chi connectivity index (χ2v) is 6.62. The molecular weight excluding hydrogens is 336 g/mol. The van der Waals surface area contributed by atoms with Crippen LogP contribution < -0.4 is 14.8 Å². The van der Waals surface area contributed by atoms with Gasteiger partial charge in [0, 0.05) is 0 Å². The van der Waals surface area contributed by atoms with Gasteiger partial charge in [-0.3, -0.25) is 4.79 Å². The minimum absolute atomic E-state index is 0.109. The van der Waals surface area contributed by atoms with E-state index in [2.05, 4.69) is 29.4 Å². The third-order valence-electron chi connectivity index (χ3n) is 3.92. The molecule has 1 N–H and O–H groups in total. The van der Waals surface area contributed by atoms with Crippen LogP contribution in [0, 0.1) is 0 Å². The first-order valence-electron chi connectivity index (χ1n) is 8.03. The number of methoxy groups -OCH3 is 2. The molecule has 0 fully saturated rings. The predicted octanol–water partition coefficient (Wildman–Crippen LogP) is 4.06. The first kappa shape index (κ1) is 17.2. The number of ether oxygens (including phenoxy) is 2. The van der Waals surface area contributed by atoms with E-state index < -0.39 is 0 Å². The van der Waals surface area contributed by atoms with Crippen molar-refractivity contribution in [2.45, 2.75) is 19.8 Å². The van der Waals surface area contributed by atoms with Gasteiger partial charge in [-0.2, -0.15) is 0 Å². The minimum Gasteiger partial charge on any atom is -0.493 e. The summed E-state index contributed by atoms with van der Waals surface area (Å²) in [5.41, 5.74) is 3.02. The average Bonchev–Trinajstić information content (AvgIpc) is 3.02. The Hall–Kier alpha value is -2.60. The maximum atomic E-state index is 12.3. The number of aromatic nitrogens is 1. The molecule has 1 heterocycles. The summed E-state index contributed by atoms with van der Waals surface area (Å²) in [6, 6.07) is 11.6. The SMILES string of the molecule is CCc1ccc2nc(NC(=O)Cc3ccc(OC)c(OC)c3)sc2c1. The van der Waals surface area contributed by atoms with Crippen molar-refractivity contribution in [2.24, 2.45) is 0 Å². The monoisotopic (exact) mass is 356 g/mol. The van der Waals surface area contributed by atoms with Crippen LogP contribution in [0.3, 0.4) is 0 Å². The minimum atomic E-state index is -0.109. The molecule has 0 radical (unpaired) electrons. The summed E-state index contributed by atoms with van der Waals surface area (Å²) in [6.07, 6.45) is 1.23. The number of anilines is 1. The molecule has 2 aromatic carbocycles. The maximum Gasteiger partial charge on any atom is 0.230 e. The van der Waals surface area contributed by atoms with E-state index in [1.54, 1.807) is 20.3 Å². The molecule has 130 valence electrons. The van der Waals surface area contributed by atoms with E-state index in [9.17, 15) is 4.79 Å². The topological polar surface area (TPSA) is 60.5 Å². The lowest BCUT2D eigenvalue weighted by Crippen LogP contribution is -2.14. The first-order chi connectivity index (χ1) is 12.1. The highest BCUT2D eigenvalue weighted by Gasteiger charge is 2.11. The zero-order valence-electron chi connectivity index (χ0n) is 14.5. The van der Waals surface area contributed by atoms with Crippen molar-refractivity contribution in [2.75, 3.05) is 19.5 Å². The molecule has 1 amide bonds. The molecule has 0 aliphatic heterocycles. The van der Waals surface area contributed by atoms with Crippen LogP contribution in [0.15, 0.2) is 36.4 Å². The van der Waals surface area contributed by atoms with Crippen LogP contribution in [0.2, 0.25) is 0 Å². The second kappa shape index (κ2) is 7.53. The first-order valence-corrected chi connectivity index (χ1v) is 8.84. The molecule has 5 nitrogen and oxygen atoms in total. The number of nitrogens with one attached hydrogen (secondary N) is 1. The Morgan fingerprint density at radius 1 is 1.08 bits per heavy atom. The summed E-state index contributed by atoms with van der Waals surface area (Å²) in [7, 11) is 3.16. The molecule has 0 bridgehead atoms. The van der Waals surface area contributed by atoms with Crippen molar-refractivity contribution >= 4 is 32.6 Å². The van der Waals surface area contributed by atoms with E-state index in [0.29, 0.717) is 16.6 Å². The molecule has 3 aromatic rings. The molecule has 6 heteroatoms. The zero-order valence-corrected chi connectivity index (χ0v) is 15.3. The Balaban J connectivity index is 1.72. The summed E-state index contributed by atoms with van der Waals surface area (Å²) < 4.78 is 11.6. The highest BCUT2D eigenvalue weighted by Crippen LogP contribution is 2.29. The normalized spacial score (nSPS) is 10.7. The lowest BCUT2D eigenvalue weighted by Gasteiger charge is -2.09. The molecule has 3 rings (SSSR count). The van der Waals surface area contributed by atoms with Gasteiger partial charge in [-0.15, -0.1) is 0 Å². The number of thiazole rings is 1. The lowest BCUT2D eigenvalue weighted by molar-refractivity contribution is -0.115. The summed E-state index contributed by atoms with van der Waals surface area (Å²) in [6.45, 7) is 2.12. The van der Waals surface area contributed by atoms with Gasteiger partial charge >= 0.3 is 0 Å². The number of amides is 1. The number of hydrogen-bond acceptors (Lipinski definition) is 5. The highest BCUT2D eigenvalue weighted by atomic mass is 32.1. The fourth-order valence-electron chi connectivity index (χ4n) is 2.58. The van der Waals surface area contributed by atoms with Crippen LogP contribution in [0.4, 0.5) is 5.13 Å². The molecule has 25 heavy (non-hydrogen) atoms. The van der Waals surface area contributed by atoms with E-state index in [0.717, 1.165) is 22.2 Å². The molecule has 0 unspecified atom stereocenters. The Morgan fingerprint density at radius 2 is 1.84 bits per heavy atom. The standard InChI is InChI=1S/C19H20N2O3S/c1-4-12-5-7-14-17(10-12)25-19(20-14)21-18(22)11-13-6-8-15(23-2)16(9-13)24-3/h5-10H,4,11H2,1-3H3,(H,20,21,22). The van der Waals surface area contributed by atoms with Gasteiger partial charge in [-0.05, 0) is 41.8 Å². The van der Waals surface area contributed by atoms with Crippen LogP contribution in [-0.2, 0) is 17.6 Å². The van der Waals surface area contributed by atoms with E-state index in [-0.39, 0.29) is 12.3 Å². The molecular formula is C19H20N2O3S. The van der Waals surface area contributed by atoms with Crippen LogP contribution in [0.25, 0.3) is 10.2 Å². The number of fused-ring (bicyclic) bond motifs is 1. The van der Waals surface area contributed by atoms with Gasteiger partial charge in [0.2, 0.25) is 5.91 Å². The number of hydrogen-bond donors (Lipinski definition) is 1. The van der Waals surface area contributed by atoms with Gasteiger partial charge < -0.3 is 14.8 Å². The largest absolute Gasteiger partial charge is 0.493 e. The summed E-state index contributed by atoms with van der Waals surface area (Å²) in [4.78, 5) is 16.8. The smallest absolute Gasteiger partial charge is 0.230 e. The summed E-state index contributed by atoms with van der Waals surface area (Å²) in [5, 5.41) is 3.50. The molecule has 0 aliphatic rings. The van der Waals surface area contributed by atoms with Crippen LogP contribution >= 0.6 is 11.3 Å². The fourth-order valence-corrected chi connectivity index (χ4v) is 3.53. The number of aryl methyl sites for hydroxylation is 1. The average molecular weight is 356 g/mol. The molecule has 0 spiro atoms. The van der Waals surface area contributed by atoms with Gasteiger partial charge in [-0.1, -0.05) is 30.4 Å².